The zero-order valence-electron chi connectivity index (χ0n) is 16.5. The largest absolute Gasteiger partial charge is 0.475 e. The Bertz CT molecular complexity index is 615. The molecule has 1 amide bonds. The monoisotopic (exact) mass is 377 g/mol. The van der Waals surface area contributed by atoms with Crippen LogP contribution in [0.2, 0.25) is 0 Å². The van der Waals surface area contributed by atoms with Gasteiger partial charge in [-0.15, -0.1) is 0 Å². The molecule has 150 valence electrons. The van der Waals surface area contributed by atoms with Crippen molar-refractivity contribution >= 4 is 11.9 Å². The topological polar surface area (TPSA) is 88.1 Å². The molecule has 1 saturated heterocycles. The summed E-state index contributed by atoms with van der Waals surface area (Å²) in [5.41, 5.74) is 0.976. The van der Waals surface area contributed by atoms with E-state index in [-0.39, 0.29) is 5.91 Å². The molecule has 2 N–H and O–H groups in total. The molecule has 27 heavy (non-hydrogen) atoms. The minimum absolute atomic E-state index is 0.119. The van der Waals surface area contributed by atoms with Crippen molar-refractivity contribution in [2.45, 2.75) is 25.8 Å². The maximum absolute atomic E-state index is 11.6. The van der Waals surface area contributed by atoms with Crippen molar-refractivity contribution in [3.05, 3.63) is 23.9 Å². The number of hydrogen-bond donors (Lipinski definition) is 2. The van der Waals surface area contributed by atoms with Gasteiger partial charge in [0.05, 0.1) is 6.61 Å². The lowest BCUT2D eigenvalue weighted by atomic mass is 9.93. The lowest BCUT2D eigenvalue weighted by Crippen LogP contribution is -2.45. The van der Waals surface area contributed by atoms with E-state index in [0.717, 1.165) is 37.5 Å². The number of aliphatic imine (C=N–C) groups is 1. The van der Waals surface area contributed by atoms with Crippen LogP contribution in [0, 0.1) is 5.92 Å². The Hall–Kier alpha value is -2.35. The fourth-order valence-electron chi connectivity index (χ4n) is 3.13. The molecule has 0 aromatic carbocycles. The SMILES string of the molecule is CN=C(NCc1cccnc1OCCOC)N1CCC(CC(=O)NC)CC1. The molecule has 0 atom stereocenters. The number of piperidine rings is 1. The first kappa shape index (κ1) is 21.0. The third-order valence-electron chi connectivity index (χ3n) is 4.69. The van der Waals surface area contributed by atoms with E-state index in [1.165, 1.54) is 0 Å². The summed E-state index contributed by atoms with van der Waals surface area (Å²) < 4.78 is 10.7. The number of amides is 1. The van der Waals surface area contributed by atoms with Crippen LogP contribution in [0.5, 0.6) is 5.88 Å². The molecule has 2 heterocycles. The van der Waals surface area contributed by atoms with Gasteiger partial charge in [-0.2, -0.15) is 0 Å². The Balaban J connectivity index is 1.85. The van der Waals surface area contributed by atoms with Crippen LogP contribution >= 0.6 is 0 Å². The summed E-state index contributed by atoms with van der Waals surface area (Å²) in [7, 11) is 5.12. The quantitative estimate of drug-likeness (QED) is 0.400. The molecule has 1 aliphatic heterocycles. The van der Waals surface area contributed by atoms with Crippen molar-refractivity contribution in [3.8, 4) is 5.88 Å². The summed E-state index contributed by atoms with van der Waals surface area (Å²) in [6.07, 6.45) is 4.31. The van der Waals surface area contributed by atoms with Crippen LogP contribution < -0.4 is 15.4 Å². The smallest absolute Gasteiger partial charge is 0.220 e. The van der Waals surface area contributed by atoms with Crippen LogP contribution in [0.3, 0.4) is 0 Å². The van der Waals surface area contributed by atoms with E-state index in [0.29, 0.717) is 38.0 Å². The summed E-state index contributed by atoms with van der Waals surface area (Å²) in [6, 6.07) is 3.89. The highest BCUT2D eigenvalue weighted by Gasteiger charge is 2.23. The number of pyridine rings is 1. The van der Waals surface area contributed by atoms with Crippen molar-refractivity contribution in [2.75, 3.05) is 47.5 Å². The molecule has 1 fully saturated rings. The first-order chi connectivity index (χ1) is 13.2. The molecule has 0 saturated carbocycles. The number of rotatable bonds is 8. The molecule has 1 aliphatic rings. The van der Waals surface area contributed by atoms with Crippen LogP contribution in [0.1, 0.15) is 24.8 Å². The summed E-state index contributed by atoms with van der Waals surface area (Å²) in [4.78, 5) is 22.5. The summed E-state index contributed by atoms with van der Waals surface area (Å²) in [6.45, 7) is 3.36. The molecule has 8 heteroatoms. The second-order valence-corrected chi connectivity index (χ2v) is 6.52. The van der Waals surface area contributed by atoms with Gasteiger partial charge in [0.2, 0.25) is 11.8 Å². The van der Waals surface area contributed by atoms with E-state index in [9.17, 15) is 4.79 Å². The van der Waals surface area contributed by atoms with Crippen molar-refractivity contribution < 1.29 is 14.3 Å². The molecule has 0 bridgehead atoms. The summed E-state index contributed by atoms with van der Waals surface area (Å²) in [5, 5.41) is 6.10. The van der Waals surface area contributed by atoms with Gasteiger partial charge in [0.15, 0.2) is 5.96 Å². The number of guanidine groups is 1. The third-order valence-corrected chi connectivity index (χ3v) is 4.69. The van der Waals surface area contributed by atoms with Gasteiger partial charge in [0.1, 0.15) is 6.61 Å². The average Bonchev–Trinajstić information content (AvgIpc) is 2.70. The lowest BCUT2D eigenvalue weighted by Gasteiger charge is -2.34. The van der Waals surface area contributed by atoms with Gasteiger partial charge >= 0.3 is 0 Å². The van der Waals surface area contributed by atoms with E-state index < -0.39 is 0 Å². The van der Waals surface area contributed by atoms with Crippen molar-refractivity contribution in [1.82, 2.24) is 20.5 Å². The van der Waals surface area contributed by atoms with Gasteiger partial charge in [-0.05, 0) is 24.8 Å². The minimum atomic E-state index is 0.119. The standard InChI is InChI=1S/C19H31N5O3/c1-20-17(25)13-15-6-9-24(10-7-15)19(21-2)23-14-16-5-4-8-22-18(16)27-12-11-26-3/h4-5,8,15H,6-7,9-14H2,1-3H3,(H,20,25)(H,21,23). The number of carbonyl (C=O) groups excluding carboxylic acids is 1. The predicted molar refractivity (Wildman–Crippen MR) is 105 cm³/mol. The molecule has 8 nitrogen and oxygen atoms in total. The number of likely N-dealkylation sites (tertiary alicyclic amines) is 1. The maximum Gasteiger partial charge on any atom is 0.220 e. The van der Waals surface area contributed by atoms with Gasteiger partial charge < -0.3 is 25.0 Å². The number of methoxy groups -OCH3 is 1. The summed E-state index contributed by atoms with van der Waals surface area (Å²) >= 11 is 0. The van der Waals surface area contributed by atoms with E-state index >= 15 is 0 Å². The van der Waals surface area contributed by atoms with Gasteiger partial charge in [-0.25, -0.2) is 4.98 Å². The van der Waals surface area contributed by atoms with Crippen molar-refractivity contribution in [3.63, 3.8) is 0 Å². The zero-order chi connectivity index (χ0) is 19.5. The number of hydrogen-bond acceptors (Lipinski definition) is 5. The molecular formula is C19H31N5O3. The number of nitrogens with one attached hydrogen (secondary N) is 2. The van der Waals surface area contributed by atoms with Crippen LogP contribution in [0.25, 0.3) is 0 Å². The van der Waals surface area contributed by atoms with Gasteiger partial charge in [-0.3, -0.25) is 9.79 Å². The van der Waals surface area contributed by atoms with Crippen LogP contribution in [-0.2, 0) is 16.1 Å². The molecule has 0 radical (unpaired) electrons. The molecule has 1 aromatic heterocycles. The van der Waals surface area contributed by atoms with E-state index in [1.807, 2.05) is 12.1 Å². The van der Waals surface area contributed by atoms with Gasteiger partial charge in [0, 0.05) is 59.0 Å². The highest BCUT2D eigenvalue weighted by Crippen LogP contribution is 2.21. The van der Waals surface area contributed by atoms with E-state index in [4.69, 9.17) is 9.47 Å². The molecule has 0 spiro atoms. The Morgan fingerprint density at radius 3 is 2.81 bits per heavy atom. The van der Waals surface area contributed by atoms with Crippen molar-refractivity contribution in [1.29, 1.82) is 0 Å². The average molecular weight is 377 g/mol. The first-order valence-corrected chi connectivity index (χ1v) is 9.39. The fraction of sp³-hybridized carbons (Fsp3) is 0.632. The zero-order valence-corrected chi connectivity index (χ0v) is 16.5. The first-order valence-electron chi connectivity index (χ1n) is 9.39. The Labute approximate surface area is 161 Å². The minimum Gasteiger partial charge on any atom is -0.475 e. The van der Waals surface area contributed by atoms with Crippen LogP contribution in [-0.4, -0.2) is 69.3 Å². The number of nitrogens with zero attached hydrogens (tertiary/aromatic N) is 3. The molecule has 0 unspecified atom stereocenters. The highest BCUT2D eigenvalue weighted by atomic mass is 16.5. The predicted octanol–water partition coefficient (Wildman–Crippen LogP) is 1.03. The molecule has 0 aliphatic carbocycles. The molecular weight excluding hydrogens is 346 g/mol. The normalized spacial score (nSPS) is 15.5. The lowest BCUT2D eigenvalue weighted by molar-refractivity contribution is -0.121. The van der Waals surface area contributed by atoms with E-state index in [2.05, 4.69) is 25.5 Å². The number of aromatic nitrogens is 1. The van der Waals surface area contributed by atoms with Crippen LogP contribution in [0.4, 0.5) is 0 Å². The van der Waals surface area contributed by atoms with E-state index in [1.54, 1.807) is 27.4 Å². The number of ether oxygens (including phenoxy) is 2. The third kappa shape index (κ3) is 6.71. The molecule has 2 rings (SSSR count). The second-order valence-electron chi connectivity index (χ2n) is 6.52. The van der Waals surface area contributed by atoms with Gasteiger partial charge in [-0.1, -0.05) is 6.07 Å². The Morgan fingerprint density at radius 1 is 1.37 bits per heavy atom. The second kappa shape index (κ2) is 11.4. The summed E-state index contributed by atoms with van der Waals surface area (Å²) in [5.74, 6) is 2.04. The Morgan fingerprint density at radius 2 is 2.15 bits per heavy atom. The fourth-order valence-corrected chi connectivity index (χ4v) is 3.13. The Kier molecular flexibility index (Phi) is 8.83. The van der Waals surface area contributed by atoms with Gasteiger partial charge in [0.25, 0.3) is 0 Å². The molecule has 1 aromatic rings. The van der Waals surface area contributed by atoms with Crippen molar-refractivity contribution in [2.24, 2.45) is 10.9 Å². The maximum atomic E-state index is 11.6. The highest BCUT2D eigenvalue weighted by molar-refractivity contribution is 5.80. The number of carbonyl (C=O) groups is 1. The van der Waals surface area contributed by atoms with Crippen LogP contribution in [0.15, 0.2) is 23.3 Å².